The van der Waals surface area contributed by atoms with Gasteiger partial charge in [0.05, 0.1) is 0 Å². The van der Waals surface area contributed by atoms with Gasteiger partial charge in [0.1, 0.15) is 11.0 Å². The number of benzene rings is 1. The Morgan fingerprint density at radius 3 is 2.50 bits per heavy atom. The summed E-state index contributed by atoms with van der Waals surface area (Å²) in [6, 6.07) is 3.79. The molecular formula is C8H10N4. The zero-order valence-corrected chi connectivity index (χ0v) is 7.07. The quantitative estimate of drug-likeness (QED) is 0.584. The van der Waals surface area contributed by atoms with Gasteiger partial charge in [-0.25, -0.2) is 0 Å². The average molecular weight is 162 g/mol. The number of nitrogens with zero attached hydrogens (tertiary/aromatic N) is 3. The molecule has 1 heterocycles. The minimum atomic E-state index is 0.767. The maximum Gasteiger partial charge on any atom is 0.115 e. The van der Waals surface area contributed by atoms with E-state index in [2.05, 4.69) is 10.2 Å². The first-order valence-corrected chi connectivity index (χ1v) is 3.74. The molecule has 0 spiro atoms. The van der Waals surface area contributed by atoms with Crippen LogP contribution in [-0.4, -0.2) is 15.0 Å². The summed E-state index contributed by atoms with van der Waals surface area (Å²) in [6.45, 7) is 1.96. The van der Waals surface area contributed by atoms with Crippen LogP contribution in [0.2, 0.25) is 0 Å². The Labute approximate surface area is 70.0 Å². The van der Waals surface area contributed by atoms with Crippen LogP contribution in [0.15, 0.2) is 12.1 Å². The SMILES string of the molecule is Cc1cc2nn(C)nc2cc1N. The summed E-state index contributed by atoms with van der Waals surface area (Å²) in [5, 5.41) is 8.31. The van der Waals surface area contributed by atoms with Gasteiger partial charge in [-0.1, -0.05) is 0 Å². The molecule has 0 fully saturated rings. The maximum absolute atomic E-state index is 5.72. The van der Waals surface area contributed by atoms with Gasteiger partial charge in [0, 0.05) is 12.7 Å². The van der Waals surface area contributed by atoms with Crippen LogP contribution in [0.25, 0.3) is 11.0 Å². The molecule has 0 unspecified atom stereocenters. The highest BCUT2D eigenvalue weighted by Crippen LogP contribution is 2.17. The number of anilines is 1. The molecule has 2 N–H and O–H groups in total. The number of nitrogens with two attached hydrogens (primary N) is 1. The fraction of sp³-hybridized carbons (Fsp3) is 0.250. The molecule has 4 heteroatoms. The van der Waals surface area contributed by atoms with Gasteiger partial charge < -0.3 is 5.73 Å². The fourth-order valence-corrected chi connectivity index (χ4v) is 1.19. The third-order valence-corrected chi connectivity index (χ3v) is 1.87. The van der Waals surface area contributed by atoms with E-state index in [1.807, 2.05) is 19.1 Å². The zero-order chi connectivity index (χ0) is 8.72. The van der Waals surface area contributed by atoms with Gasteiger partial charge in [0.2, 0.25) is 0 Å². The summed E-state index contributed by atoms with van der Waals surface area (Å²) in [5.74, 6) is 0. The fourth-order valence-electron chi connectivity index (χ4n) is 1.19. The summed E-state index contributed by atoms with van der Waals surface area (Å²) in [4.78, 5) is 1.55. The number of fused-ring (bicyclic) bond motifs is 1. The topological polar surface area (TPSA) is 56.7 Å². The minimum Gasteiger partial charge on any atom is -0.398 e. The smallest absolute Gasteiger partial charge is 0.115 e. The Bertz CT molecular complexity index is 391. The highest BCUT2D eigenvalue weighted by atomic mass is 15.4. The van der Waals surface area contributed by atoms with Crippen LogP contribution >= 0.6 is 0 Å². The Balaban J connectivity index is 2.83. The van der Waals surface area contributed by atoms with Crippen LogP contribution in [0.3, 0.4) is 0 Å². The van der Waals surface area contributed by atoms with Crippen molar-refractivity contribution in [3.63, 3.8) is 0 Å². The Kier molecular flexibility index (Phi) is 1.30. The first-order chi connectivity index (χ1) is 5.66. The summed E-state index contributed by atoms with van der Waals surface area (Å²) in [5.41, 5.74) is 9.27. The zero-order valence-electron chi connectivity index (χ0n) is 7.07. The largest absolute Gasteiger partial charge is 0.398 e. The third-order valence-electron chi connectivity index (χ3n) is 1.87. The summed E-state index contributed by atoms with van der Waals surface area (Å²) in [7, 11) is 1.80. The van der Waals surface area contributed by atoms with Gasteiger partial charge in [-0.05, 0) is 24.6 Å². The maximum atomic E-state index is 5.72. The molecule has 12 heavy (non-hydrogen) atoms. The van der Waals surface area contributed by atoms with Crippen molar-refractivity contribution in [1.29, 1.82) is 0 Å². The van der Waals surface area contributed by atoms with Gasteiger partial charge in [-0.15, -0.1) is 0 Å². The van der Waals surface area contributed by atoms with E-state index in [4.69, 9.17) is 5.73 Å². The van der Waals surface area contributed by atoms with Gasteiger partial charge in [0.15, 0.2) is 0 Å². The molecule has 0 radical (unpaired) electrons. The van der Waals surface area contributed by atoms with E-state index < -0.39 is 0 Å². The molecule has 62 valence electrons. The third kappa shape index (κ3) is 0.922. The van der Waals surface area contributed by atoms with Crippen LogP contribution in [0, 0.1) is 6.92 Å². The highest BCUT2D eigenvalue weighted by molar-refractivity contribution is 5.79. The summed E-state index contributed by atoms with van der Waals surface area (Å²) in [6.07, 6.45) is 0. The van der Waals surface area contributed by atoms with E-state index in [-0.39, 0.29) is 0 Å². The van der Waals surface area contributed by atoms with E-state index >= 15 is 0 Å². The van der Waals surface area contributed by atoms with Crippen LogP contribution < -0.4 is 5.73 Å². The molecule has 0 saturated heterocycles. The normalized spacial score (nSPS) is 10.8. The minimum absolute atomic E-state index is 0.767. The molecular weight excluding hydrogens is 152 g/mol. The molecule has 0 amide bonds. The molecule has 1 aromatic heterocycles. The van der Waals surface area contributed by atoms with Crippen LogP contribution in [0.1, 0.15) is 5.56 Å². The van der Waals surface area contributed by atoms with E-state index in [0.29, 0.717) is 0 Å². The molecule has 0 saturated carbocycles. The van der Waals surface area contributed by atoms with Crippen molar-refractivity contribution >= 4 is 16.7 Å². The summed E-state index contributed by atoms with van der Waals surface area (Å²) >= 11 is 0. The van der Waals surface area contributed by atoms with Gasteiger partial charge in [-0.3, -0.25) is 0 Å². The van der Waals surface area contributed by atoms with Crippen molar-refractivity contribution < 1.29 is 0 Å². The van der Waals surface area contributed by atoms with Gasteiger partial charge >= 0.3 is 0 Å². The van der Waals surface area contributed by atoms with Crippen LogP contribution in [0.5, 0.6) is 0 Å². The monoisotopic (exact) mass is 162 g/mol. The molecule has 0 bridgehead atoms. The summed E-state index contributed by atoms with van der Waals surface area (Å²) < 4.78 is 0. The lowest BCUT2D eigenvalue weighted by Crippen LogP contribution is -1.90. The molecule has 0 aliphatic heterocycles. The predicted octanol–water partition coefficient (Wildman–Crippen LogP) is 0.859. The number of nitrogen functional groups attached to an aromatic ring is 1. The van der Waals surface area contributed by atoms with E-state index in [1.165, 1.54) is 0 Å². The second-order valence-corrected chi connectivity index (χ2v) is 2.89. The molecule has 4 nitrogen and oxygen atoms in total. The second kappa shape index (κ2) is 2.20. The number of rotatable bonds is 0. The first-order valence-electron chi connectivity index (χ1n) is 3.74. The molecule has 0 aliphatic carbocycles. The lowest BCUT2D eigenvalue weighted by atomic mass is 10.2. The number of hydrogen-bond acceptors (Lipinski definition) is 3. The van der Waals surface area contributed by atoms with E-state index in [0.717, 1.165) is 22.3 Å². The predicted molar refractivity (Wildman–Crippen MR) is 47.7 cm³/mol. The molecule has 2 rings (SSSR count). The molecule has 0 aliphatic rings. The van der Waals surface area contributed by atoms with Crippen molar-refractivity contribution in [2.24, 2.45) is 7.05 Å². The Morgan fingerprint density at radius 2 is 1.83 bits per heavy atom. The lowest BCUT2D eigenvalue weighted by molar-refractivity contribution is 0.665. The number of hydrogen-bond donors (Lipinski definition) is 1. The first kappa shape index (κ1) is 7.09. The van der Waals surface area contributed by atoms with Crippen molar-refractivity contribution in [3.8, 4) is 0 Å². The lowest BCUT2D eigenvalue weighted by Gasteiger charge is -1.95. The average Bonchev–Trinajstić information content (AvgIpc) is 2.30. The number of aryl methyl sites for hydroxylation is 2. The van der Waals surface area contributed by atoms with Gasteiger partial charge in [0.25, 0.3) is 0 Å². The van der Waals surface area contributed by atoms with Crippen molar-refractivity contribution in [3.05, 3.63) is 17.7 Å². The Hall–Kier alpha value is -1.58. The highest BCUT2D eigenvalue weighted by Gasteiger charge is 2.02. The van der Waals surface area contributed by atoms with Crippen molar-refractivity contribution in [2.45, 2.75) is 6.92 Å². The Morgan fingerprint density at radius 1 is 1.25 bits per heavy atom. The molecule has 0 atom stereocenters. The van der Waals surface area contributed by atoms with Crippen LogP contribution in [0.4, 0.5) is 5.69 Å². The second-order valence-electron chi connectivity index (χ2n) is 2.89. The van der Waals surface area contributed by atoms with Crippen molar-refractivity contribution in [2.75, 3.05) is 5.73 Å². The van der Waals surface area contributed by atoms with Crippen LogP contribution in [-0.2, 0) is 7.05 Å². The van der Waals surface area contributed by atoms with Gasteiger partial charge in [-0.2, -0.15) is 15.0 Å². The molecule has 2 aromatic rings. The molecule has 1 aromatic carbocycles. The van der Waals surface area contributed by atoms with E-state index in [9.17, 15) is 0 Å². The van der Waals surface area contributed by atoms with E-state index in [1.54, 1.807) is 11.8 Å². The number of aromatic nitrogens is 3. The van der Waals surface area contributed by atoms with Crippen molar-refractivity contribution in [1.82, 2.24) is 15.0 Å². The standard InChI is InChI=1S/C8H10N4/c1-5-3-7-8(4-6(5)9)11-12(2)10-7/h3-4H,9H2,1-2H3.